The highest BCUT2D eigenvalue weighted by Gasteiger charge is 2.61. The lowest BCUT2D eigenvalue weighted by atomic mass is 10.0. The number of ether oxygens (including phenoxy) is 3. The van der Waals surface area contributed by atoms with Gasteiger partial charge in [-0.3, -0.25) is 37.5 Å². The zero-order chi connectivity index (χ0) is 30.5. The lowest BCUT2D eigenvalue weighted by Gasteiger charge is -2.33. The Hall–Kier alpha value is -3.49. The third-order valence-corrected chi connectivity index (χ3v) is 8.02. The number of nitrogens with one attached hydrogen (secondary N) is 1. The van der Waals surface area contributed by atoms with Gasteiger partial charge in [-0.1, -0.05) is 42.7 Å². The summed E-state index contributed by atoms with van der Waals surface area (Å²) in [7, 11) is -4.37. The molecule has 4 rings (SSSR count). The molecule has 6 atom stereocenters. The SMILES string of the molecule is CCC(=O)OC1C(n2ccc(=O)[nH]c2=O)OC(COP2(=O)OCCC(c3cccc(Cl)c3)O2)(N=[N+]=[N-])C1OC(=O)CC. The summed E-state index contributed by atoms with van der Waals surface area (Å²) in [5.41, 5.74) is 6.05. The van der Waals surface area contributed by atoms with E-state index in [0.717, 1.165) is 16.8 Å². The molecule has 0 aliphatic carbocycles. The number of benzene rings is 1. The van der Waals surface area contributed by atoms with Gasteiger partial charge < -0.3 is 14.2 Å². The number of rotatable bonds is 10. The van der Waals surface area contributed by atoms with E-state index in [1.165, 1.54) is 13.8 Å². The molecule has 0 bridgehead atoms. The molecule has 226 valence electrons. The van der Waals surface area contributed by atoms with Crippen LogP contribution in [0.1, 0.15) is 51.0 Å². The minimum absolute atomic E-state index is 0.0375. The summed E-state index contributed by atoms with van der Waals surface area (Å²) in [6.45, 7) is 2.05. The normalized spacial score (nSPS) is 28.9. The van der Waals surface area contributed by atoms with Crippen LogP contribution in [0.2, 0.25) is 5.02 Å². The van der Waals surface area contributed by atoms with E-state index in [0.29, 0.717) is 17.0 Å². The molecule has 0 saturated carbocycles. The van der Waals surface area contributed by atoms with E-state index < -0.39 is 67.9 Å². The van der Waals surface area contributed by atoms with Crippen molar-refractivity contribution in [1.82, 2.24) is 9.55 Å². The number of carbonyl (C=O) groups is 2. The van der Waals surface area contributed by atoms with Crippen molar-refractivity contribution in [3.8, 4) is 0 Å². The summed E-state index contributed by atoms with van der Waals surface area (Å²) in [4.78, 5) is 54.1. The molecule has 42 heavy (non-hydrogen) atoms. The molecule has 0 amide bonds. The first-order valence-corrected chi connectivity index (χ1v) is 14.6. The highest BCUT2D eigenvalue weighted by Crippen LogP contribution is 2.58. The largest absolute Gasteiger partial charge is 0.475 e. The zero-order valence-corrected chi connectivity index (χ0v) is 24.1. The number of carbonyl (C=O) groups excluding carboxylic acids is 2. The van der Waals surface area contributed by atoms with Gasteiger partial charge in [0.15, 0.2) is 18.4 Å². The maximum absolute atomic E-state index is 13.6. The molecule has 18 heteroatoms. The van der Waals surface area contributed by atoms with Crippen LogP contribution in [0.25, 0.3) is 10.4 Å². The number of halogens is 1. The Kier molecular flexibility index (Phi) is 9.89. The summed E-state index contributed by atoms with van der Waals surface area (Å²) in [6.07, 6.45) is -4.52. The molecule has 0 radical (unpaired) electrons. The first kappa shape index (κ1) is 31.4. The van der Waals surface area contributed by atoms with Crippen molar-refractivity contribution < 1.29 is 41.9 Å². The number of nitrogens with zero attached hydrogens (tertiary/aromatic N) is 4. The summed E-state index contributed by atoms with van der Waals surface area (Å²) >= 11 is 6.08. The lowest BCUT2D eigenvalue weighted by Crippen LogP contribution is -2.49. The fourth-order valence-electron chi connectivity index (χ4n) is 4.32. The molecule has 1 aromatic carbocycles. The molecular weight excluding hydrogens is 601 g/mol. The maximum Gasteiger partial charge on any atom is 0.475 e. The van der Waals surface area contributed by atoms with E-state index in [1.807, 2.05) is 4.98 Å². The van der Waals surface area contributed by atoms with Crippen molar-refractivity contribution in [3.05, 3.63) is 78.4 Å². The van der Waals surface area contributed by atoms with Crippen LogP contribution in [-0.4, -0.2) is 52.6 Å². The first-order valence-electron chi connectivity index (χ1n) is 12.8. The minimum Gasteiger partial charge on any atom is -0.455 e. The minimum atomic E-state index is -4.37. The van der Waals surface area contributed by atoms with Gasteiger partial charge in [0.1, 0.15) is 0 Å². The topological polar surface area (TPSA) is 210 Å². The molecule has 2 saturated heterocycles. The van der Waals surface area contributed by atoms with Gasteiger partial charge in [-0.25, -0.2) is 9.36 Å². The molecule has 0 spiro atoms. The number of hydrogen-bond donors (Lipinski definition) is 1. The fraction of sp³-hybridized carbons (Fsp3) is 0.500. The van der Waals surface area contributed by atoms with Gasteiger partial charge in [0.05, 0.1) is 19.3 Å². The molecule has 16 nitrogen and oxygen atoms in total. The van der Waals surface area contributed by atoms with Gasteiger partial charge in [0, 0.05) is 41.5 Å². The van der Waals surface area contributed by atoms with Gasteiger partial charge in [-0.05, 0) is 23.2 Å². The molecule has 6 unspecified atom stereocenters. The number of azide groups is 1. The highest BCUT2D eigenvalue weighted by molar-refractivity contribution is 7.48. The maximum atomic E-state index is 13.6. The second kappa shape index (κ2) is 13.2. The van der Waals surface area contributed by atoms with Crippen molar-refractivity contribution in [3.63, 3.8) is 0 Å². The number of esters is 2. The average Bonchev–Trinajstić information content (AvgIpc) is 3.24. The van der Waals surface area contributed by atoms with Crippen LogP contribution >= 0.6 is 19.4 Å². The van der Waals surface area contributed by atoms with E-state index in [1.54, 1.807) is 24.3 Å². The van der Waals surface area contributed by atoms with Gasteiger partial charge >= 0.3 is 25.5 Å². The summed E-state index contributed by atoms with van der Waals surface area (Å²) in [5.74, 6) is -1.59. The molecular formula is C24H27ClN5O11P. The van der Waals surface area contributed by atoms with E-state index in [9.17, 15) is 29.3 Å². The Balaban J connectivity index is 1.72. The van der Waals surface area contributed by atoms with Crippen LogP contribution in [0.3, 0.4) is 0 Å². The van der Waals surface area contributed by atoms with Crippen molar-refractivity contribution in [2.45, 2.75) is 63.4 Å². The predicted octanol–water partition coefficient (Wildman–Crippen LogP) is 3.67. The molecule has 2 fully saturated rings. The van der Waals surface area contributed by atoms with Crippen molar-refractivity contribution in [1.29, 1.82) is 0 Å². The number of aromatic nitrogens is 2. The monoisotopic (exact) mass is 627 g/mol. The van der Waals surface area contributed by atoms with Crippen LogP contribution in [0.15, 0.2) is 51.2 Å². The third-order valence-electron chi connectivity index (χ3n) is 6.33. The second-order valence-electron chi connectivity index (χ2n) is 9.12. The van der Waals surface area contributed by atoms with Crippen molar-refractivity contribution >= 4 is 31.4 Å². The van der Waals surface area contributed by atoms with Gasteiger partial charge in [-0.2, -0.15) is 0 Å². The summed E-state index contributed by atoms with van der Waals surface area (Å²) in [6, 6.07) is 7.69. The van der Waals surface area contributed by atoms with E-state index >= 15 is 0 Å². The quantitative estimate of drug-likeness (QED) is 0.132. The van der Waals surface area contributed by atoms with E-state index in [2.05, 4.69) is 10.0 Å². The Morgan fingerprint density at radius 1 is 1.24 bits per heavy atom. The average molecular weight is 628 g/mol. The van der Waals surface area contributed by atoms with E-state index in [4.69, 9.17) is 39.4 Å². The Bertz CT molecular complexity index is 1540. The van der Waals surface area contributed by atoms with Crippen LogP contribution < -0.4 is 11.2 Å². The summed E-state index contributed by atoms with van der Waals surface area (Å²) in [5, 5.41) is 4.09. The lowest BCUT2D eigenvalue weighted by molar-refractivity contribution is -0.173. The number of hydrogen-bond acceptors (Lipinski definition) is 12. The molecule has 2 aliphatic rings. The fourth-order valence-corrected chi connectivity index (χ4v) is 5.92. The highest BCUT2D eigenvalue weighted by atomic mass is 35.5. The van der Waals surface area contributed by atoms with Crippen LogP contribution in [0.4, 0.5) is 0 Å². The number of aromatic amines is 1. The van der Waals surface area contributed by atoms with Gasteiger partial charge in [-0.15, -0.1) is 0 Å². The summed E-state index contributed by atoms with van der Waals surface area (Å²) < 4.78 is 47.9. The number of phosphoric ester groups is 1. The van der Waals surface area contributed by atoms with Gasteiger partial charge in [0.2, 0.25) is 5.72 Å². The molecule has 1 aromatic heterocycles. The van der Waals surface area contributed by atoms with Crippen LogP contribution in [0.5, 0.6) is 0 Å². The predicted molar refractivity (Wildman–Crippen MR) is 143 cm³/mol. The van der Waals surface area contributed by atoms with Gasteiger partial charge in [0.25, 0.3) is 5.56 Å². The Morgan fingerprint density at radius 3 is 2.64 bits per heavy atom. The standard InChI is InChI=1S/C24H27ClN5O11P/c1-3-18(32)38-20-21(39-19(33)4-2)24(28-29-26,40-22(20)30-10-8-17(31)27-23(30)34)13-37-42(35)36-11-9-16(41-42)14-6-5-7-15(25)12-14/h5-8,10,12,16,20-22H,3-4,9,11,13H2,1-2H3,(H,27,31,34). The molecule has 2 aliphatic heterocycles. The van der Waals surface area contributed by atoms with Crippen molar-refractivity contribution in [2.24, 2.45) is 5.11 Å². The second-order valence-corrected chi connectivity index (χ2v) is 11.2. The first-order chi connectivity index (χ1) is 20.0. The molecule has 3 heterocycles. The van der Waals surface area contributed by atoms with Crippen LogP contribution in [0, 0.1) is 0 Å². The number of phosphoric acid groups is 1. The Morgan fingerprint density at radius 2 is 1.98 bits per heavy atom. The third kappa shape index (κ3) is 6.93. The number of H-pyrrole nitrogens is 1. The molecule has 1 N–H and O–H groups in total. The zero-order valence-electron chi connectivity index (χ0n) is 22.4. The van der Waals surface area contributed by atoms with E-state index in [-0.39, 0.29) is 19.4 Å². The molecule has 2 aromatic rings. The van der Waals surface area contributed by atoms with Crippen molar-refractivity contribution in [2.75, 3.05) is 13.2 Å². The Labute approximate surface area is 243 Å². The van der Waals surface area contributed by atoms with Crippen LogP contribution in [-0.2, 0) is 41.9 Å². The smallest absolute Gasteiger partial charge is 0.455 e.